The molecule has 0 aliphatic heterocycles. The second-order valence-corrected chi connectivity index (χ2v) is 4.35. The van der Waals surface area contributed by atoms with E-state index in [1.165, 1.54) is 4.90 Å². The molecule has 0 aliphatic carbocycles. The minimum atomic E-state index is -0.454. The number of ether oxygens (including phenoxy) is 1. The fourth-order valence-corrected chi connectivity index (χ4v) is 1.83. The van der Waals surface area contributed by atoms with Crippen LogP contribution in [0.5, 0.6) is 0 Å². The molecule has 0 saturated heterocycles. The second-order valence-electron chi connectivity index (χ2n) is 3.47. The Morgan fingerprint density at radius 3 is 2.72 bits per heavy atom. The molecule has 0 amide bonds. The lowest BCUT2D eigenvalue weighted by Crippen LogP contribution is -2.04. The van der Waals surface area contributed by atoms with E-state index >= 15 is 0 Å². The van der Waals surface area contributed by atoms with E-state index in [4.69, 9.17) is 4.74 Å². The molecule has 5 nitrogen and oxygen atoms in total. The number of hydrogen-bond donors (Lipinski definition) is 0. The van der Waals surface area contributed by atoms with Crippen molar-refractivity contribution < 1.29 is 9.53 Å². The lowest BCUT2D eigenvalue weighted by atomic mass is 10.3. The lowest BCUT2D eigenvalue weighted by molar-refractivity contribution is 0.0519. The van der Waals surface area contributed by atoms with Crippen molar-refractivity contribution in [1.29, 1.82) is 0 Å². The van der Waals surface area contributed by atoms with Gasteiger partial charge in [0.25, 0.3) is 0 Å². The molecule has 2 rings (SSSR count). The molecule has 2 aromatic rings. The average molecular weight is 263 g/mol. The molecule has 0 atom stereocenters. The van der Waals surface area contributed by atoms with E-state index < -0.39 is 5.97 Å². The number of nitrogens with zero attached hydrogens (tertiary/aromatic N) is 3. The number of esters is 1. The highest BCUT2D eigenvalue weighted by molar-refractivity contribution is 7.98. The second kappa shape index (κ2) is 5.68. The monoisotopic (exact) mass is 263 g/mol. The number of thioether (sulfide) groups is 1. The van der Waals surface area contributed by atoms with E-state index in [1.54, 1.807) is 29.6 Å². The van der Waals surface area contributed by atoms with Gasteiger partial charge in [0.2, 0.25) is 0 Å². The van der Waals surface area contributed by atoms with Gasteiger partial charge in [-0.25, -0.2) is 9.48 Å². The highest BCUT2D eigenvalue weighted by Crippen LogP contribution is 2.16. The van der Waals surface area contributed by atoms with Crippen LogP contribution in [0.4, 0.5) is 0 Å². The smallest absolute Gasteiger partial charge is 0.360 e. The Hall–Kier alpha value is -1.82. The molecular weight excluding hydrogens is 250 g/mol. The molecule has 6 heteroatoms. The predicted octanol–water partition coefficient (Wildman–Crippen LogP) is 2.17. The van der Waals surface area contributed by atoms with Crippen molar-refractivity contribution in [2.75, 3.05) is 12.9 Å². The highest BCUT2D eigenvalue weighted by atomic mass is 32.2. The third kappa shape index (κ3) is 2.70. The summed E-state index contributed by atoms with van der Waals surface area (Å²) in [5.41, 5.74) is 1.07. The van der Waals surface area contributed by atoms with Gasteiger partial charge in [0.05, 0.1) is 18.5 Å². The van der Waals surface area contributed by atoms with Crippen molar-refractivity contribution in [2.24, 2.45) is 0 Å². The van der Waals surface area contributed by atoms with Gasteiger partial charge in [-0.15, -0.1) is 16.9 Å². The normalized spacial score (nSPS) is 10.3. The minimum absolute atomic E-state index is 0.214. The maximum absolute atomic E-state index is 11.4. The van der Waals surface area contributed by atoms with Crippen LogP contribution in [0.15, 0.2) is 35.4 Å². The summed E-state index contributed by atoms with van der Waals surface area (Å²) < 4.78 is 6.41. The van der Waals surface area contributed by atoms with Crippen LogP contribution >= 0.6 is 11.8 Å². The van der Waals surface area contributed by atoms with Crippen LogP contribution in [0.2, 0.25) is 0 Å². The van der Waals surface area contributed by atoms with E-state index in [9.17, 15) is 4.79 Å². The average Bonchev–Trinajstić information content (AvgIpc) is 2.89. The molecule has 0 unspecified atom stereocenters. The van der Waals surface area contributed by atoms with Crippen LogP contribution in [-0.4, -0.2) is 33.8 Å². The van der Waals surface area contributed by atoms with Crippen molar-refractivity contribution >= 4 is 17.7 Å². The number of carbonyl (C=O) groups is 1. The van der Waals surface area contributed by atoms with Crippen molar-refractivity contribution in [3.05, 3.63) is 36.2 Å². The molecule has 0 fully saturated rings. The summed E-state index contributed by atoms with van der Waals surface area (Å²) in [7, 11) is 0. The summed E-state index contributed by atoms with van der Waals surface area (Å²) in [5.74, 6) is -0.454. The Morgan fingerprint density at radius 2 is 2.11 bits per heavy atom. The molecule has 18 heavy (non-hydrogen) atoms. The van der Waals surface area contributed by atoms with Gasteiger partial charge in [-0.3, -0.25) is 0 Å². The zero-order chi connectivity index (χ0) is 13.0. The van der Waals surface area contributed by atoms with Crippen molar-refractivity contribution in [3.63, 3.8) is 0 Å². The Morgan fingerprint density at radius 1 is 1.39 bits per heavy atom. The molecule has 1 heterocycles. The largest absolute Gasteiger partial charge is 0.461 e. The van der Waals surface area contributed by atoms with Gasteiger partial charge < -0.3 is 4.74 Å². The zero-order valence-corrected chi connectivity index (χ0v) is 11.0. The molecule has 94 valence electrons. The van der Waals surface area contributed by atoms with Crippen LogP contribution in [0.25, 0.3) is 5.69 Å². The van der Waals surface area contributed by atoms with Gasteiger partial charge in [0.1, 0.15) is 0 Å². The molecule has 1 aromatic heterocycles. The quantitative estimate of drug-likeness (QED) is 0.625. The van der Waals surface area contributed by atoms with Gasteiger partial charge in [0, 0.05) is 4.90 Å². The van der Waals surface area contributed by atoms with E-state index in [0.717, 1.165) is 5.69 Å². The summed E-state index contributed by atoms with van der Waals surface area (Å²) in [6.07, 6.45) is 3.58. The highest BCUT2D eigenvalue weighted by Gasteiger charge is 2.11. The summed E-state index contributed by atoms with van der Waals surface area (Å²) in [6.45, 7) is 2.08. The SMILES string of the molecule is CCOC(=O)c1cn(-c2ccc(SC)cc2)nn1. The zero-order valence-electron chi connectivity index (χ0n) is 10.2. The predicted molar refractivity (Wildman–Crippen MR) is 69.1 cm³/mol. The van der Waals surface area contributed by atoms with Crippen LogP contribution in [0.3, 0.4) is 0 Å². The third-order valence-corrected chi connectivity index (χ3v) is 3.06. The summed E-state index contributed by atoms with van der Waals surface area (Å²) >= 11 is 1.67. The Labute approximate surface area is 109 Å². The lowest BCUT2D eigenvalue weighted by Gasteiger charge is -2.00. The van der Waals surface area contributed by atoms with Crippen molar-refractivity contribution in [2.45, 2.75) is 11.8 Å². The first-order chi connectivity index (χ1) is 8.74. The summed E-state index contributed by atoms with van der Waals surface area (Å²) in [6, 6.07) is 7.84. The fraction of sp³-hybridized carbons (Fsp3) is 0.250. The third-order valence-electron chi connectivity index (χ3n) is 2.31. The Bertz CT molecular complexity index is 537. The molecule has 0 spiro atoms. The summed E-state index contributed by atoms with van der Waals surface area (Å²) in [5, 5.41) is 7.69. The molecule has 0 aliphatic rings. The van der Waals surface area contributed by atoms with Crippen LogP contribution < -0.4 is 0 Å². The van der Waals surface area contributed by atoms with Crippen LogP contribution in [-0.2, 0) is 4.74 Å². The Balaban J connectivity index is 2.20. The molecule has 0 N–H and O–H groups in total. The van der Waals surface area contributed by atoms with Gasteiger partial charge in [0.15, 0.2) is 5.69 Å². The van der Waals surface area contributed by atoms with Gasteiger partial charge >= 0.3 is 5.97 Å². The number of benzene rings is 1. The first kappa shape index (κ1) is 12.6. The van der Waals surface area contributed by atoms with Crippen LogP contribution in [0.1, 0.15) is 17.4 Å². The number of carbonyl (C=O) groups excluding carboxylic acids is 1. The molecule has 0 radical (unpaired) electrons. The standard InChI is InChI=1S/C12H13N3O2S/c1-3-17-12(16)11-8-15(14-13-11)9-4-6-10(18-2)7-5-9/h4-8H,3H2,1-2H3. The number of hydrogen-bond acceptors (Lipinski definition) is 5. The maximum Gasteiger partial charge on any atom is 0.360 e. The topological polar surface area (TPSA) is 57.0 Å². The first-order valence-electron chi connectivity index (χ1n) is 5.48. The molecule has 1 aromatic carbocycles. The number of aromatic nitrogens is 3. The van der Waals surface area contributed by atoms with E-state index in [-0.39, 0.29) is 5.69 Å². The molecular formula is C12H13N3O2S. The minimum Gasteiger partial charge on any atom is -0.461 e. The maximum atomic E-state index is 11.4. The van der Waals surface area contributed by atoms with E-state index in [2.05, 4.69) is 10.3 Å². The number of rotatable bonds is 4. The van der Waals surface area contributed by atoms with Gasteiger partial charge in [-0.05, 0) is 37.4 Å². The molecule has 0 saturated carbocycles. The Kier molecular flexibility index (Phi) is 3.99. The van der Waals surface area contributed by atoms with Gasteiger partial charge in [-0.2, -0.15) is 0 Å². The first-order valence-corrected chi connectivity index (χ1v) is 6.71. The van der Waals surface area contributed by atoms with Crippen LogP contribution in [0, 0.1) is 0 Å². The van der Waals surface area contributed by atoms with E-state index in [1.807, 2.05) is 30.5 Å². The van der Waals surface area contributed by atoms with Crippen molar-refractivity contribution in [1.82, 2.24) is 15.0 Å². The fourth-order valence-electron chi connectivity index (χ4n) is 1.42. The van der Waals surface area contributed by atoms with Crippen molar-refractivity contribution in [3.8, 4) is 5.69 Å². The van der Waals surface area contributed by atoms with Gasteiger partial charge in [-0.1, -0.05) is 5.21 Å². The van der Waals surface area contributed by atoms with E-state index in [0.29, 0.717) is 6.61 Å². The molecule has 0 bridgehead atoms. The summed E-state index contributed by atoms with van der Waals surface area (Å²) in [4.78, 5) is 12.6.